The summed E-state index contributed by atoms with van der Waals surface area (Å²) >= 11 is 0. The van der Waals surface area contributed by atoms with Gasteiger partial charge in [0.25, 0.3) is 0 Å². The second-order valence-electron chi connectivity index (χ2n) is 11.3. The molecule has 1 saturated heterocycles. The zero-order valence-corrected chi connectivity index (χ0v) is 24.9. The van der Waals surface area contributed by atoms with Crippen LogP contribution in [-0.2, 0) is 38.2 Å². The van der Waals surface area contributed by atoms with Gasteiger partial charge in [-0.05, 0) is 45.4 Å². The van der Waals surface area contributed by atoms with Gasteiger partial charge in [0.1, 0.15) is 6.61 Å². The minimum absolute atomic E-state index is 0.0119. The number of hydrogen-bond donors (Lipinski definition) is 1. The minimum atomic E-state index is -1.74. The Bertz CT molecular complexity index is 860. The molecule has 0 bridgehead atoms. The van der Waals surface area contributed by atoms with Gasteiger partial charge in [0.15, 0.2) is 0 Å². The van der Waals surface area contributed by atoms with E-state index >= 15 is 0 Å². The number of nitrogens with zero attached hydrogens (tertiary/aromatic N) is 1. The topological polar surface area (TPSA) is 137 Å². The molecule has 10 heteroatoms. The average molecular weight is 556 g/mol. The van der Waals surface area contributed by atoms with Crippen molar-refractivity contribution in [2.45, 2.75) is 92.9 Å². The van der Waals surface area contributed by atoms with Gasteiger partial charge in [-0.3, -0.25) is 24.0 Å². The van der Waals surface area contributed by atoms with E-state index in [0.717, 1.165) is 39.2 Å². The first-order valence-corrected chi connectivity index (χ1v) is 14.2. The molecule has 1 aliphatic heterocycles. The number of likely N-dealkylation sites (tertiary alicyclic amines) is 1. The van der Waals surface area contributed by atoms with Crippen LogP contribution in [0.4, 0.5) is 0 Å². The Morgan fingerprint density at radius 2 is 1.74 bits per heavy atom. The Morgan fingerprint density at radius 1 is 1.08 bits per heavy atom. The van der Waals surface area contributed by atoms with Crippen LogP contribution in [0.1, 0.15) is 92.9 Å². The van der Waals surface area contributed by atoms with E-state index in [1.165, 1.54) is 13.8 Å². The molecular weight excluding hydrogens is 506 g/mol. The molecule has 5 atom stereocenters. The molecule has 0 aromatic rings. The molecule has 1 N–H and O–H groups in total. The largest absolute Gasteiger partial charge is 0.481 e. The number of hydrogen-bond acceptors (Lipinski definition) is 8. The highest BCUT2D eigenvalue weighted by Crippen LogP contribution is 2.46. The van der Waals surface area contributed by atoms with Crippen molar-refractivity contribution in [2.24, 2.45) is 28.6 Å². The monoisotopic (exact) mass is 555 g/mol. The lowest BCUT2D eigenvalue weighted by Gasteiger charge is -2.40. The maximum atomic E-state index is 13.3. The van der Waals surface area contributed by atoms with E-state index < -0.39 is 46.5 Å². The molecule has 1 heterocycles. The van der Waals surface area contributed by atoms with Crippen LogP contribution in [0.15, 0.2) is 0 Å². The van der Waals surface area contributed by atoms with Crippen molar-refractivity contribution in [2.75, 3.05) is 33.4 Å². The van der Waals surface area contributed by atoms with E-state index in [-0.39, 0.29) is 38.0 Å². The van der Waals surface area contributed by atoms with Crippen molar-refractivity contribution < 1.29 is 43.3 Å². The van der Waals surface area contributed by atoms with Crippen LogP contribution in [0.3, 0.4) is 0 Å². The molecule has 0 aliphatic carbocycles. The van der Waals surface area contributed by atoms with Crippen LogP contribution in [0.2, 0.25) is 0 Å². The third kappa shape index (κ3) is 9.21. The summed E-state index contributed by atoms with van der Waals surface area (Å²) in [6.07, 6.45) is 5.19. The Hall–Kier alpha value is -2.65. The predicted molar refractivity (Wildman–Crippen MR) is 144 cm³/mol. The highest BCUT2D eigenvalue weighted by molar-refractivity contribution is 5.89. The number of rotatable bonds is 18. The van der Waals surface area contributed by atoms with E-state index in [9.17, 15) is 29.1 Å². The SMILES string of the molecule is CCCCC(CC)COC(=O)C(C)(CC)CC(C)(C(=O)OC)C(C(=O)O)C(C)C(=O)OCCN1CCCC1=O. The summed E-state index contributed by atoms with van der Waals surface area (Å²) in [5.41, 5.74) is -2.93. The zero-order valence-electron chi connectivity index (χ0n) is 24.9. The van der Waals surface area contributed by atoms with Crippen LogP contribution in [0, 0.1) is 28.6 Å². The third-order valence-corrected chi connectivity index (χ3v) is 8.28. The van der Waals surface area contributed by atoms with Gasteiger partial charge in [-0.15, -0.1) is 0 Å². The van der Waals surface area contributed by atoms with Gasteiger partial charge in [-0.2, -0.15) is 0 Å². The molecule has 39 heavy (non-hydrogen) atoms. The van der Waals surface area contributed by atoms with Crippen LogP contribution < -0.4 is 0 Å². The average Bonchev–Trinajstić information content (AvgIpc) is 3.31. The van der Waals surface area contributed by atoms with E-state index in [1.807, 2.05) is 6.92 Å². The van der Waals surface area contributed by atoms with Gasteiger partial charge in [0.05, 0.1) is 42.9 Å². The number of carbonyl (C=O) groups is 5. The van der Waals surface area contributed by atoms with Crippen LogP contribution in [0.25, 0.3) is 0 Å². The number of carbonyl (C=O) groups excluding carboxylic acids is 4. The van der Waals surface area contributed by atoms with Gasteiger partial charge >= 0.3 is 23.9 Å². The molecule has 224 valence electrons. The number of amides is 1. The summed E-state index contributed by atoms with van der Waals surface area (Å²) in [4.78, 5) is 65.3. The first kappa shape index (κ1) is 34.4. The maximum absolute atomic E-state index is 13.3. The molecule has 1 rings (SSSR count). The lowest BCUT2D eigenvalue weighted by Crippen LogP contribution is -2.50. The zero-order chi connectivity index (χ0) is 29.8. The molecule has 0 spiro atoms. The van der Waals surface area contributed by atoms with E-state index in [0.29, 0.717) is 19.4 Å². The molecule has 5 unspecified atom stereocenters. The lowest BCUT2D eigenvalue weighted by molar-refractivity contribution is -0.178. The Balaban J connectivity index is 3.12. The summed E-state index contributed by atoms with van der Waals surface area (Å²) < 4.78 is 16.0. The highest BCUT2D eigenvalue weighted by atomic mass is 16.5. The van der Waals surface area contributed by atoms with Crippen LogP contribution >= 0.6 is 0 Å². The number of aliphatic carboxylic acids is 1. The number of methoxy groups -OCH3 is 1. The van der Waals surface area contributed by atoms with Crippen molar-refractivity contribution in [1.82, 2.24) is 4.90 Å². The Morgan fingerprint density at radius 3 is 2.23 bits per heavy atom. The maximum Gasteiger partial charge on any atom is 0.312 e. The van der Waals surface area contributed by atoms with Gasteiger partial charge in [0, 0.05) is 13.0 Å². The molecule has 0 radical (unpaired) electrons. The summed E-state index contributed by atoms with van der Waals surface area (Å²) in [6, 6.07) is 0. The molecular formula is C29H49NO9. The second kappa shape index (κ2) is 15.8. The van der Waals surface area contributed by atoms with Crippen LogP contribution in [-0.4, -0.2) is 73.2 Å². The number of ether oxygens (including phenoxy) is 3. The summed E-state index contributed by atoms with van der Waals surface area (Å²) in [7, 11) is 1.15. The van der Waals surface area contributed by atoms with Gasteiger partial charge in [-0.1, -0.05) is 47.0 Å². The van der Waals surface area contributed by atoms with E-state index in [4.69, 9.17) is 14.2 Å². The number of carboxylic acids is 1. The van der Waals surface area contributed by atoms with Gasteiger partial charge in [0.2, 0.25) is 5.91 Å². The van der Waals surface area contributed by atoms with Crippen molar-refractivity contribution in [3.63, 3.8) is 0 Å². The predicted octanol–water partition coefficient (Wildman–Crippen LogP) is 4.23. The van der Waals surface area contributed by atoms with E-state index in [1.54, 1.807) is 18.7 Å². The van der Waals surface area contributed by atoms with Gasteiger partial charge < -0.3 is 24.2 Å². The molecule has 1 amide bonds. The Labute approximate surface area is 233 Å². The summed E-state index contributed by atoms with van der Waals surface area (Å²) in [6.45, 7) is 11.4. The fraction of sp³-hybridized carbons (Fsp3) is 0.828. The molecule has 0 aromatic heterocycles. The number of unbranched alkanes of at least 4 members (excludes halogenated alkanes) is 1. The summed E-state index contributed by atoms with van der Waals surface area (Å²) in [5.74, 6) is -6.06. The normalized spacial score (nSPS) is 18.8. The first-order chi connectivity index (χ1) is 18.3. The molecule has 1 fully saturated rings. The third-order valence-electron chi connectivity index (χ3n) is 8.28. The lowest BCUT2D eigenvalue weighted by atomic mass is 9.62. The quantitative estimate of drug-likeness (QED) is 0.194. The van der Waals surface area contributed by atoms with Crippen molar-refractivity contribution in [3.8, 4) is 0 Å². The molecule has 10 nitrogen and oxygen atoms in total. The summed E-state index contributed by atoms with van der Waals surface area (Å²) in [5, 5.41) is 10.2. The fourth-order valence-corrected chi connectivity index (χ4v) is 5.46. The van der Waals surface area contributed by atoms with Gasteiger partial charge in [-0.25, -0.2) is 0 Å². The highest BCUT2D eigenvalue weighted by Gasteiger charge is 2.55. The van der Waals surface area contributed by atoms with E-state index in [2.05, 4.69) is 6.92 Å². The van der Waals surface area contributed by atoms with Crippen molar-refractivity contribution in [1.29, 1.82) is 0 Å². The van der Waals surface area contributed by atoms with Crippen LogP contribution in [0.5, 0.6) is 0 Å². The number of carboxylic acid groups (broad SMARTS) is 1. The number of esters is 3. The minimum Gasteiger partial charge on any atom is -0.481 e. The smallest absolute Gasteiger partial charge is 0.312 e. The Kier molecular flexibility index (Phi) is 13.9. The second-order valence-corrected chi connectivity index (χ2v) is 11.3. The molecule has 0 saturated carbocycles. The molecule has 1 aliphatic rings. The molecule has 0 aromatic carbocycles. The first-order valence-electron chi connectivity index (χ1n) is 14.2. The van der Waals surface area contributed by atoms with Crippen molar-refractivity contribution >= 4 is 29.8 Å². The van der Waals surface area contributed by atoms with Crippen molar-refractivity contribution in [3.05, 3.63) is 0 Å². The standard InChI is InChI=1S/C29H49NO9/c1-8-11-13-21(9-2)18-39-26(35)28(5,10-3)19-29(6,27(36)37-7)23(24(32)33)20(4)25(34)38-17-16-30-15-12-14-22(30)31/h20-21,23H,8-19H2,1-7H3,(H,32,33). The fourth-order valence-electron chi connectivity index (χ4n) is 5.46.